The number of epoxide rings is 2. The minimum Gasteiger partial charge on any atom is -0.309 e. The van der Waals surface area contributed by atoms with Gasteiger partial charge in [0.25, 0.3) is 0 Å². The molecule has 0 aromatic rings. The van der Waals surface area contributed by atoms with Crippen LogP contribution in [0.1, 0.15) is 6.42 Å². The van der Waals surface area contributed by atoms with Crippen molar-refractivity contribution in [3.63, 3.8) is 0 Å². The summed E-state index contributed by atoms with van der Waals surface area (Å²) in [5.74, 6) is -2.97. The molecule has 0 aromatic carbocycles. The van der Waals surface area contributed by atoms with Crippen molar-refractivity contribution in [2.24, 2.45) is 0 Å². The van der Waals surface area contributed by atoms with Gasteiger partial charge in [-0.15, -0.1) is 0 Å². The van der Waals surface area contributed by atoms with Gasteiger partial charge in [-0.25, -0.2) is 0 Å². The monoisotopic (exact) mass is 168 g/mol. The van der Waals surface area contributed by atoms with Crippen molar-refractivity contribution < 1.29 is 27.4 Å². The van der Waals surface area contributed by atoms with Gasteiger partial charge in [0.05, 0.1) is 6.42 Å². The Bertz CT molecular complexity index is 216. The molecule has 62 valence electrons. The van der Waals surface area contributed by atoms with Gasteiger partial charge in [-0.05, 0) is 0 Å². The van der Waals surface area contributed by atoms with Crippen LogP contribution in [0.3, 0.4) is 0 Å². The number of carbonyl (C=O) groups excluding carboxylic acids is 1. The van der Waals surface area contributed by atoms with Crippen LogP contribution in [-0.4, -0.2) is 24.0 Å². The number of ether oxygens (including phenoxy) is 2. The molecule has 2 heterocycles. The quantitative estimate of drug-likeness (QED) is 0.566. The Labute approximate surface area is 59.1 Å². The van der Waals surface area contributed by atoms with Crippen LogP contribution in [0.5, 0.6) is 0 Å². The predicted octanol–water partition coefficient (Wildman–Crippen LogP) is 0.591. The van der Waals surface area contributed by atoms with Crippen LogP contribution in [0, 0.1) is 0 Å². The van der Waals surface area contributed by atoms with E-state index in [1.54, 1.807) is 0 Å². The molecule has 0 aromatic heterocycles. The predicted molar refractivity (Wildman–Crippen MR) is 24.4 cm³/mol. The van der Waals surface area contributed by atoms with Gasteiger partial charge in [-0.1, -0.05) is 0 Å². The molecule has 2 saturated heterocycles. The van der Waals surface area contributed by atoms with Crippen molar-refractivity contribution in [2.45, 2.75) is 24.7 Å². The van der Waals surface area contributed by atoms with E-state index in [1.807, 2.05) is 0 Å². The molecular weight excluding hydrogens is 165 g/mol. The standard InChI is InChI=1S/C5H3F3O3/c6-5(7,8)2(9)1-4-3(10-4)11-4/h3H,1H2. The largest absolute Gasteiger partial charge is 0.450 e. The molecule has 11 heavy (non-hydrogen) atoms. The van der Waals surface area contributed by atoms with Crippen LogP contribution in [0.4, 0.5) is 13.2 Å². The normalized spacial score (nSPS) is 39.7. The van der Waals surface area contributed by atoms with Crippen molar-refractivity contribution in [3.05, 3.63) is 0 Å². The first kappa shape index (κ1) is 7.05. The van der Waals surface area contributed by atoms with Crippen molar-refractivity contribution >= 4 is 5.78 Å². The highest BCUT2D eigenvalue weighted by molar-refractivity contribution is 5.85. The number of alkyl halides is 3. The Morgan fingerprint density at radius 3 is 2.18 bits per heavy atom. The van der Waals surface area contributed by atoms with Crippen LogP contribution in [0.25, 0.3) is 0 Å². The topological polar surface area (TPSA) is 42.1 Å². The summed E-state index contributed by atoms with van der Waals surface area (Å²) in [5.41, 5.74) is 0. The van der Waals surface area contributed by atoms with Gasteiger partial charge in [0.15, 0.2) is 0 Å². The van der Waals surface area contributed by atoms with Crippen LogP contribution in [0.2, 0.25) is 0 Å². The van der Waals surface area contributed by atoms with Crippen molar-refractivity contribution in [3.8, 4) is 0 Å². The molecule has 3 nitrogen and oxygen atoms in total. The van der Waals surface area contributed by atoms with E-state index in [0.717, 1.165) is 0 Å². The average Bonchev–Trinajstić information content (AvgIpc) is 2.50. The van der Waals surface area contributed by atoms with E-state index in [2.05, 4.69) is 9.47 Å². The second-order valence-corrected chi connectivity index (χ2v) is 2.48. The first-order valence-electron chi connectivity index (χ1n) is 2.90. The van der Waals surface area contributed by atoms with Gasteiger partial charge in [-0.3, -0.25) is 4.79 Å². The molecule has 0 atom stereocenters. The molecule has 0 unspecified atom stereocenters. The lowest BCUT2D eigenvalue weighted by atomic mass is 10.2. The molecule has 0 aliphatic carbocycles. The Kier molecular flexibility index (Phi) is 1.02. The highest BCUT2D eigenvalue weighted by Gasteiger charge is 2.78. The van der Waals surface area contributed by atoms with Gasteiger partial charge in [-0.2, -0.15) is 13.2 Å². The van der Waals surface area contributed by atoms with Gasteiger partial charge in [0.2, 0.25) is 17.9 Å². The second-order valence-electron chi connectivity index (χ2n) is 2.48. The second kappa shape index (κ2) is 1.59. The summed E-state index contributed by atoms with van der Waals surface area (Å²) >= 11 is 0. The van der Waals surface area contributed by atoms with Gasteiger partial charge < -0.3 is 9.47 Å². The zero-order valence-corrected chi connectivity index (χ0v) is 5.14. The van der Waals surface area contributed by atoms with E-state index in [0.29, 0.717) is 0 Å². The van der Waals surface area contributed by atoms with Crippen molar-refractivity contribution in [2.75, 3.05) is 0 Å². The summed E-state index contributed by atoms with van der Waals surface area (Å²) in [5, 5.41) is 0. The van der Waals surface area contributed by atoms with E-state index in [9.17, 15) is 18.0 Å². The number of halogens is 3. The molecule has 2 aliphatic heterocycles. The fourth-order valence-electron chi connectivity index (χ4n) is 0.794. The Morgan fingerprint density at radius 1 is 1.45 bits per heavy atom. The Balaban J connectivity index is 1.91. The lowest BCUT2D eigenvalue weighted by molar-refractivity contribution is -0.175. The third kappa shape index (κ3) is 1.02. The van der Waals surface area contributed by atoms with Crippen LogP contribution < -0.4 is 0 Å². The summed E-state index contributed by atoms with van der Waals surface area (Å²) in [7, 11) is 0. The molecule has 2 rings (SSSR count). The number of hydrogen-bond donors (Lipinski definition) is 0. The third-order valence-electron chi connectivity index (χ3n) is 1.58. The summed E-state index contributed by atoms with van der Waals surface area (Å²) in [6.07, 6.45) is -6.02. The minimum absolute atomic E-state index is 0.547. The van der Waals surface area contributed by atoms with E-state index < -0.39 is 30.5 Å². The minimum atomic E-state index is -4.77. The lowest BCUT2D eigenvalue weighted by Crippen LogP contribution is -2.25. The number of carbonyl (C=O) groups is 1. The van der Waals surface area contributed by atoms with Gasteiger partial charge in [0.1, 0.15) is 0 Å². The molecule has 2 fully saturated rings. The maximum atomic E-state index is 11.6. The number of fused-ring (bicyclic) bond motifs is 1. The average molecular weight is 168 g/mol. The van der Waals surface area contributed by atoms with Crippen LogP contribution in [-0.2, 0) is 14.3 Å². The highest BCUT2D eigenvalue weighted by Crippen LogP contribution is 2.59. The van der Waals surface area contributed by atoms with E-state index in [-0.39, 0.29) is 0 Å². The SMILES string of the molecule is O=C(CC12OC1O2)C(F)(F)F. The van der Waals surface area contributed by atoms with Gasteiger partial charge in [0, 0.05) is 0 Å². The first-order valence-corrected chi connectivity index (χ1v) is 2.90. The van der Waals surface area contributed by atoms with E-state index in [1.165, 1.54) is 0 Å². The summed E-state index contributed by atoms with van der Waals surface area (Å²) in [6, 6.07) is 0. The maximum absolute atomic E-state index is 11.6. The van der Waals surface area contributed by atoms with E-state index in [4.69, 9.17) is 0 Å². The molecule has 0 spiro atoms. The summed E-state index contributed by atoms with van der Waals surface area (Å²) < 4.78 is 43.7. The molecular formula is C5H3F3O3. The fourth-order valence-corrected chi connectivity index (χ4v) is 0.794. The Morgan fingerprint density at radius 2 is 1.91 bits per heavy atom. The Hall–Kier alpha value is -0.620. The number of hydrogen-bond acceptors (Lipinski definition) is 3. The molecule has 0 radical (unpaired) electrons. The number of rotatable bonds is 2. The highest BCUT2D eigenvalue weighted by atomic mass is 19.4. The first-order chi connectivity index (χ1) is 4.94. The third-order valence-corrected chi connectivity index (χ3v) is 1.58. The number of ketones is 1. The lowest BCUT2D eigenvalue weighted by Gasteiger charge is -2.03. The zero-order valence-electron chi connectivity index (χ0n) is 5.14. The van der Waals surface area contributed by atoms with Crippen LogP contribution >= 0.6 is 0 Å². The van der Waals surface area contributed by atoms with Crippen molar-refractivity contribution in [1.82, 2.24) is 0 Å². The zero-order chi connectivity index (χ0) is 8.28. The molecule has 0 amide bonds. The molecule has 0 bridgehead atoms. The van der Waals surface area contributed by atoms with E-state index >= 15 is 0 Å². The fraction of sp³-hybridized carbons (Fsp3) is 0.800. The molecule has 0 saturated carbocycles. The summed E-state index contributed by atoms with van der Waals surface area (Å²) in [6.45, 7) is 0. The molecule has 0 N–H and O–H groups in total. The van der Waals surface area contributed by atoms with Gasteiger partial charge >= 0.3 is 6.18 Å². The number of Topliss-reactive ketones (excluding diaryl/α,β-unsaturated/α-hetero) is 1. The molecule has 6 heteroatoms. The maximum Gasteiger partial charge on any atom is 0.450 e. The molecule has 2 aliphatic rings. The van der Waals surface area contributed by atoms with Crippen LogP contribution in [0.15, 0.2) is 0 Å². The smallest absolute Gasteiger partial charge is 0.309 e. The summed E-state index contributed by atoms with van der Waals surface area (Å²) in [4.78, 5) is 10.3. The van der Waals surface area contributed by atoms with Crippen molar-refractivity contribution in [1.29, 1.82) is 0 Å².